The molecule has 0 aromatic heterocycles. The molecule has 0 saturated heterocycles. The molecule has 4 amide bonds. The Bertz CT molecular complexity index is 1560. The third-order valence-electron chi connectivity index (χ3n) is 9.61. The molecule has 53 heavy (non-hydrogen) atoms. The van der Waals surface area contributed by atoms with Gasteiger partial charge in [0.25, 0.3) is 0 Å². The molecule has 10 heteroatoms. The molecule has 3 rings (SSSR count). The summed E-state index contributed by atoms with van der Waals surface area (Å²) in [6, 6.07) is 20.3. The number of nitrogens with one attached hydrogen (secondary N) is 4. The van der Waals surface area contributed by atoms with Crippen molar-refractivity contribution in [1.82, 2.24) is 21.3 Å². The molecule has 290 valence electrons. The van der Waals surface area contributed by atoms with E-state index in [0.717, 1.165) is 54.0 Å². The monoisotopic (exact) mass is 730 g/mol. The van der Waals surface area contributed by atoms with E-state index in [9.17, 15) is 24.3 Å². The molecule has 0 aliphatic rings. The molecule has 3 aromatic carbocycles. The minimum atomic E-state index is -1.11. The highest BCUT2D eigenvalue weighted by Crippen LogP contribution is 2.21. The lowest BCUT2D eigenvalue weighted by Gasteiger charge is -2.29. The standard InChI is InChI=1S/C43H62N4O6/c1-6-8-9-10-14-24-36(41(50)46-37(25-30(3)4)39(48)27-40(49)44-28-31(5)7-2)45-42(51)38(47-43(52)53-29-32-18-12-11-13-19-32)26-34-22-17-21-33-20-15-16-23-35(33)34/h11-13,15-23,30-31,36-39,48H,6-10,14,24-29H2,1-5H3,(H,44,49)(H,45,51)(H,46,50)(H,47,52)/t31?,36-,37-,38-,39-/m0/s1. The van der Waals surface area contributed by atoms with Crippen molar-refractivity contribution >= 4 is 34.6 Å². The Morgan fingerprint density at radius 1 is 0.755 bits per heavy atom. The van der Waals surface area contributed by atoms with Crippen LogP contribution in [0.1, 0.15) is 104 Å². The lowest BCUT2D eigenvalue weighted by atomic mass is 9.95. The van der Waals surface area contributed by atoms with Gasteiger partial charge in [-0.15, -0.1) is 0 Å². The molecule has 0 aliphatic carbocycles. The number of carbonyl (C=O) groups excluding carboxylic acids is 4. The Morgan fingerprint density at radius 3 is 2.15 bits per heavy atom. The maximum Gasteiger partial charge on any atom is 0.408 e. The van der Waals surface area contributed by atoms with Crippen LogP contribution in [0.25, 0.3) is 10.8 Å². The third kappa shape index (κ3) is 15.6. The molecule has 10 nitrogen and oxygen atoms in total. The minimum Gasteiger partial charge on any atom is -0.445 e. The van der Waals surface area contributed by atoms with Gasteiger partial charge in [-0.25, -0.2) is 4.79 Å². The predicted octanol–water partition coefficient (Wildman–Crippen LogP) is 6.97. The van der Waals surface area contributed by atoms with Crippen molar-refractivity contribution in [3.05, 3.63) is 83.9 Å². The van der Waals surface area contributed by atoms with Crippen LogP contribution in [0.3, 0.4) is 0 Å². The fraction of sp³-hybridized carbons (Fsp3) is 0.535. The second-order valence-electron chi connectivity index (χ2n) is 14.7. The lowest BCUT2D eigenvalue weighted by molar-refractivity contribution is -0.131. The van der Waals surface area contributed by atoms with Crippen molar-refractivity contribution in [2.75, 3.05) is 6.54 Å². The summed E-state index contributed by atoms with van der Waals surface area (Å²) in [5.41, 5.74) is 1.67. The van der Waals surface area contributed by atoms with Gasteiger partial charge in [-0.2, -0.15) is 0 Å². The lowest BCUT2D eigenvalue weighted by Crippen LogP contribution is -2.57. The molecule has 0 radical (unpaired) electrons. The van der Waals surface area contributed by atoms with Crippen molar-refractivity contribution < 1.29 is 29.0 Å². The first-order chi connectivity index (χ1) is 25.5. The quantitative estimate of drug-likeness (QED) is 0.0667. The van der Waals surface area contributed by atoms with Gasteiger partial charge < -0.3 is 31.1 Å². The number of aliphatic hydroxyl groups excluding tert-OH is 1. The number of unbranched alkanes of at least 4 members (excludes halogenated alkanes) is 4. The number of carbonyl (C=O) groups is 4. The van der Waals surface area contributed by atoms with E-state index in [0.29, 0.717) is 31.7 Å². The zero-order chi connectivity index (χ0) is 38.6. The number of hydrogen-bond donors (Lipinski definition) is 5. The molecule has 0 fully saturated rings. The average molecular weight is 731 g/mol. The molecule has 0 aliphatic heterocycles. The van der Waals surface area contributed by atoms with Crippen LogP contribution in [0.4, 0.5) is 4.79 Å². The predicted molar refractivity (Wildman–Crippen MR) is 211 cm³/mol. The van der Waals surface area contributed by atoms with E-state index in [1.165, 1.54) is 0 Å². The number of aliphatic hydroxyl groups is 1. The van der Waals surface area contributed by atoms with Gasteiger partial charge in [0.15, 0.2) is 0 Å². The molecule has 5 atom stereocenters. The minimum absolute atomic E-state index is 0.0350. The van der Waals surface area contributed by atoms with Crippen LogP contribution in [0, 0.1) is 11.8 Å². The number of rotatable bonds is 23. The smallest absolute Gasteiger partial charge is 0.408 e. The maximum atomic E-state index is 14.2. The summed E-state index contributed by atoms with van der Waals surface area (Å²) >= 11 is 0. The summed E-state index contributed by atoms with van der Waals surface area (Å²) in [6.07, 6.45) is 4.66. The van der Waals surface area contributed by atoms with Crippen LogP contribution in [-0.4, -0.2) is 59.7 Å². The summed E-state index contributed by atoms with van der Waals surface area (Å²) in [5, 5.41) is 24.7. The molecule has 0 saturated carbocycles. The molecule has 0 bridgehead atoms. The number of alkyl carbamates (subject to hydrolysis) is 1. The van der Waals surface area contributed by atoms with Crippen LogP contribution in [0.15, 0.2) is 72.8 Å². The molecular weight excluding hydrogens is 668 g/mol. The first kappa shape index (κ1) is 43.0. The number of benzene rings is 3. The van der Waals surface area contributed by atoms with Gasteiger partial charge in [0.2, 0.25) is 17.7 Å². The van der Waals surface area contributed by atoms with Gasteiger partial charge >= 0.3 is 6.09 Å². The van der Waals surface area contributed by atoms with Crippen LogP contribution < -0.4 is 21.3 Å². The Kier molecular flexibility index (Phi) is 18.9. The highest BCUT2D eigenvalue weighted by atomic mass is 16.5. The van der Waals surface area contributed by atoms with Crippen LogP contribution in [0.5, 0.6) is 0 Å². The second-order valence-corrected chi connectivity index (χ2v) is 14.7. The molecule has 0 heterocycles. The first-order valence-corrected chi connectivity index (χ1v) is 19.5. The average Bonchev–Trinajstić information content (AvgIpc) is 3.15. The summed E-state index contributed by atoms with van der Waals surface area (Å²) in [5.74, 6) is -0.795. The normalized spacial score (nSPS) is 14.1. The van der Waals surface area contributed by atoms with Crippen molar-refractivity contribution in [2.24, 2.45) is 11.8 Å². The molecule has 5 N–H and O–H groups in total. The summed E-state index contributed by atoms with van der Waals surface area (Å²) in [7, 11) is 0. The molecule has 0 spiro atoms. The number of ether oxygens (including phenoxy) is 1. The molecule has 1 unspecified atom stereocenters. The van der Waals surface area contributed by atoms with Crippen LogP contribution in [0.2, 0.25) is 0 Å². The summed E-state index contributed by atoms with van der Waals surface area (Å²) < 4.78 is 5.50. The van der Waals surface area contributed by atoms with E-state index in [2.05, 4.69) is 35.1 Å². The van der Waals surface area contributed by atoms with Crippen molar-refractivity contribution in [1.29, 1.82) is 0 Å². The van der Waals surface area contributed by atoms with Gasteiger partial charge in [0.1, 0.15) is 18.7 Å². The topological polar surface area (TPSA) is 146 Å². The molecular formula is C43H62N4O6. The Hall–Kier alpha value is -4.44. The number of amides is 4. The van der Waals surface area contributed by atoms with E-state index in [4.69, 9.17) is 4.74 Å². The second kappa shape index (κ2) is 23.3. The van der Waals surface area contributed by atoms with Gasteiger partial charge in [0.05, 0.1) is 18.6 Å². The zero-order valence-electron chi connectivity index (χ0n) is 32.4. The van der Waals surface area contributed by atoms with E-state index >= 15 is 0 Å². The third-order valence-corrected chi connectivity index (χ3v) is 9.61. The van der Waals surface area contributed by atoms with E-state index in [-0.39, 0.29) is 31.3 Å². The fourth-order valence-electron chi connectivity index (χ4n) is 6.24. The van der Waals surface area contributed by atoms with Gasteiger partial charge in [-0.3, -0.25) is 14.4 Å². The fourth-order valence-corrected chi connectivity index (χ4v) is 6.24. The zero-order valence-corrected chi connectivity index (χ0v) is 32.4. The van der Waals surface area contributed by atoms with E-state index < -0.39 is 42.1 Å². The number of hydrogen-bond acceptors (Lipinski definition) is 6. The summed E-state index contributed by atoms with van der Waals surface area (Å²) in [4.78, 5) is 54.0. The highest BCUT2D eigenvalue weighted by Gasteiger charge is 2.31. The maximum absolute atomic E-state index is 14.2. The van der Waals surface area contributed by atoms with Crippen LogP contribution in [-0.2, 0) is 32.1 Å². The van der Waals surface area contributed by atoms with E-state index in [1.54, 1.807) is 0 Å². The summed E-state index contributed by atoms with van der Waals surface area (Å²) in [6.45, 7) is 10.8. The van der Waals surface area contributed by atoms with Gasteiger partial charge in [-0.1, -0.05) is 146 Å². The van der Waals surface area contributed by atoms with Crippen molar-refractivity contribution in [3.8, 4) is 0 Å². The van der Waals surface area contributed by atoms with Crippen molar-refractivity contribution in [3.63, 3.8) is 0 Å². The van der Waals surface area contributed by atoms with Crippen molar-refractivity contribution in [2.45, 2.75) is 130 Å². The van der Waals surface area contributed by atoms with Gasteiger partial charge in [-0.05, 0) is 46.6 Å². The first-order valence-electron chi connectivity index (χ1n) is 19.5. The largest absolute Gasteiger partial charge is 0.445 e. The Morgan fingerprint density at radius 2 is 1.43 bits per heavy atom. The Labute approximate surface area is 316 Å². The van der Waals surface area contributed by atoms with E-state index in [1.807, 2.05) is 93.6 Å². The SMILES string of the molecule is CCCCCCC[C@H](NC(=O)[C@H](Cc1cccc2ccccc12)NC(=O)OCc1ccccc1)C(=O)N[C@@H](CC(C)C)[C@@H](O)CC(=O)NCC(C)CC. The van der Waals surface area contributed by atoms with Crippen LogP contribution >= 0.6 is 0 Å². The Balaban J connectivity index is 1.82. The molecule has 3 aromatic rings. The highest BCUT2D eigenvalue weighted by molar-refractivity contribution is 5.92. The number of fused-ring (bicyclic) bond motifs is 1. The van der Waals surface area contributed by atoms with Gasteiger partial charge in [0, 0.05) is 13.0 Å².